The molecule has 1 aliphatic rings. The summed E-state index contributed by atoms with van der Waals surface area (Å²) in [5.41, 5.74) is -0.420. The molecule has 88 valence electrons. The van der Waals surface area contributed by atoms with Crippen LogP contribution in [0.25, 0.3) is 0 Å². The van der Waals surface area contributed by atoms with Gasteiger partial charge in [0.2, 0.25) is 0 Å². The smallest absolute Gasteiger partial charge is 0.101 e. The van der Waals surface area contributed by atoms with Gasteiger partial charge in [-0.1, -0.05) is 31.9 Å². The fourth-order valence-electron chi connectivity index (χ4n) is 1.57. The lowest BCUT2D eigenvalue weighted by Gasteiger charge is -2.29. The standard InChI is InChI=1S/C10H14Br2Cl2O/c1-9(12,6-13)8-5-7(14)10(2,15-8)3-4-11/h3-4,7-8H,5-6H2,1-2H3/b4-3+. The zero-order chi connectivity index (χ0) is 11.7. The SMILES string of the molecule is CC(Br)(CCl)C1CC(Cl)C(C)(/C=C/Br)O1. The Morgan fingerprint density at radius 2 is 2.27 bits per heavy atom. The molecule has 1 rings (SSSR count). The maximum atomic E-state index is 6.29. The summed E-state index contributed by atoms with van der Waals surface area (Å²) < 4.78 is 5.75. The highest BCUT2D eigenvalue weighted by molar-refractivity contribution is 9.11. The summed E-state index contributed by atoms with van der Waals surface area (Å²) in [7, 11) is 0. The molecule has 0 spiro atoms. The van der Waals surface area contributed by atoms with Crippen LogP contribution in [0.15, 0.2) is 11.1 Å². The molecule has 1 nitrogen and oxygen atoms in total. The molecule has 1 saturated heterocycles. The normalized spacial score (nSPS) is 40.9. The predicted octanol–water partition coefficient (Wildman–Crippen LogP) is 4.44. The minimum atomic E-state index is -0.420. The number of hydrogen-bond acceptors (Lipinski definition) is 1. The molecular formula is C10H14Br2Cl2O. The molecule has 1 aliphatic heterocycles. The van der Waals surface area contributed by atoms with Crippen molar-refractivity contribution in [3.8, 4) is 0 Å². The van der Waals surface area contributed by atoms with E-state index in [4.69, 9.17) is 27.9 Å². The number of ether oxygens (including phenoxy) is 1. The average molecular weight is 381 g/mol. The van der Waals surface area contributed by atoms with E-state index in [1.807, 2.05) is 19.9 Å². The van der Waals surface area contributed by atoms with Crippen LogP contribution in [0.2, 0.25) is 0 Å². The van der Waals surface area contributed by atoms with Crippen molar-refractivity contribution in [2.24, 2.45) is 0 Å². The van der Waals surface area contributed by atoms with E-state index in [1.165, 1.54) is 0 Å². The second-order valence-corrected chi connectivity index (χ2v) is 7.33. The highest BCUT2D eigenvalue weighted by atomic mass is 79.9. The quantitative estimate of drug-likeness (QED) is 0.657. The monoisotopic (exact) mass is 378 g/mol. The van der Waals surface area contributed by atoms with Gasteiger partial charge in [0.05, 0.1) is 15.8 Å². The van der Waals surface area contributed by atoms with Gasteiger partial charge in [0.25, 0.3) is 0 Å². The first-order valence-corrected chi connectivity index (χ1v) is 7.38. The van der Waals surface area contributed by atoms with Gasteiger partial charge in [-0.2, -0.15) is 0 Å². The molecule has 0 aliphatic carbocycles. The van der Waals surface area contributed by atoms with Crippen LogP contribution in [0, 0.1) is 0 Å². The summed E-state index contributed by atoms with van der Waals surface area (Å²) in [4.78, 5) is 1.79. The summed E-state index contributed by atoms with van der Waals surface area (Å²) in [6.07, 6.45) is 2.76. The van der Waals surface area contributed by atoms with Gasteiger partial charge in [0.15, 0.2) is 0 Å². The third-order valence-electron chi connectivity index (χ3n) is 2.77. The summed E-state index contributed by atoms with van der Waals surface area (Å²) in [5, 5.41) is -0.0311. The van der Waals surface area contributed by atoms with E-state index in [2.05, 4.69) is 31.9 Å². The van der Waals surface area contributed by atoms with E-state index in [1.54, 1.807) is 4.99 Å². The van der Waals surface area contributed by atoms with Crippen molar-refractivity contribution in [2.45, 2.75) is 41.7 Å². The minimum absolute atomic E-state index is 0.0311. The zero-order valence-electron chi connectivity index (χ0n) is 8.64. The van der Waals surface area contributed by atoms with Crippen molar-refractivity contribution in [3.63, 3.8) is 0 Å². The molecule has 15 heavy (non-hydrogen) atoms. The lowest BCUT2D eigenvalue weighted by atomic mass is 9.99. The molecule has 0 bridgehead atoms. The molecule has 1 heterocycles. The van der Waals surface area contributed by atoms with E-state index in [0.717, 1.165) is 6.42 Å². The Bertz CT molecular complexity index is 258. The lowest BCUT2D eigenvalue weighted by molar-refractivity contribution is -0.00546. The molecule has 0 aromatic carbocycles. The molecule has 4 atom stereocenters. The van der Waals surface area contributed by atoms with Gasteiger partial charge < -0.3 is 4.74 Å². The fraction of sp³-hybridized carbons (Fsp3) is 0.800. The number of alkyl halides is 3. The van der Waals surface area contributed by atoms with Crippen LogP contribution in [0.5, 0.6) is 0 Å². The molecule has 4 unspecified atom stereocenters. The van der Waals surface area contributed by atoms with E-state index in [0.29, 0.717) is 5.88 Å². The van der Waals surface area contributed by atoms with Crippen LogP contribution < -0.4 is 0 Å². The van der Waals surface area contributed by atoms with Gasteiger partial charge in [0.1, 0.15) is 5.60 Å². The topological polar surface area (TPSA) is 9.23 Å². The van der Waals surface area contributed by atoms with Crippen LogP contribution in [0.4, 0.5) is 0 Å². The Labute approximate surface area is 118 Å². The fourth-order valence-corrected chi connectivity index (χ4v) is 2.84. The maximum Gasteiger partial charge on any atom is 0.101 e. The molecule has 0 aromatic rings. The van der Waals surface area contributed by atoms with Gasteiger partial charge in [-0.3, -0.25) is 0 Å². The molecule has 0 radical (unpaired) electrons. The van der Waals surface area contributed by atoms with Crippen molar-refractivity contribution in [2.75, 3.05) is 5.88 Å². The maximum absolute atomic E-state index is 6.29. The zero-order valence-corrected chi connectivity index (χ0v) is 13.3. The Hall–Kier alpha value is 1.24. The van der Waals surface area contributed by atoms with Crippen LogP contribution >= 0.6 is 55.1 Å². The molecule has 0 N–H and O–H groups in total. The molecular weight excluding hydrogens is 367 g/mol. The molecule has 0 amide bonds. The number of rotatable bonds is 3. The van der Waals surface area contributed by atoms with Crippen molar-refractivity contribution in [1.82, 2.24) is 0 Å². The second kappa shape index (κ2) is 5.26. The first-order chi connectivity index (χ1) is 6.85. The lowest BCUT2D eigenvalue weighted by Crippen LogP contribution is -2.37. The van der Waals surface area contributed by atoms with Gasteiger partial charge in [-0.05, 0) is 31.3 Å². The largest absolute Gasteiger partial charge is 0.365 e. The van der Waals surface area contributed by atoms with Crippen LogP contribution in [0.1, 0.15) is 20.3 Å². The Morgan fingerprint density at radius 3 is 2.73 bits per heavy atom. The average Bonchev–Trinajstić information content (AvgIpc) is 2.45. The van der Waals surface area contributed by atoms with Gasteiger partial charge in [-0.15, -0.1) is 23.2 Å². The highest BCUT2D eigenvalue weighted by Gasteiger charge is 2.48. The van der Waals surface area contributed by atoms with E-state index < -0.39 is 5.60 Å². The molecule has 0 aromatic heterocycles. The summed E-state index contributed by atoms with van der Waals surface area (Å²) in [6, 6.07) is 0. The molecule has 1 fully saturated rings. The van der Waals surface area contributed by atoms with Gasteiger partial charge in [0, 0.05) is 5.88 Å². The second-order valence-electron chi connectivity index (χ2n) is 4.20. The minimum Gasteiger partial charge on any atom is -0.365 e. The Morgan fingerprint density at radius 1 is 1.67 bits per heavy atom. The summed E-state index contributed by atoms with van der Waals surface area (Å²) in [5.74, 6) is 0.495. The predicted molar refractivity (Wildman–Crippen MR) is 73.7 cm³/mol. The van der Waals surface area contributed by atoms with Gasteiger partial charge >= 0.3 is 0 Å². The van der Waals surface area contributed by atoms with Crippen molar-refractivity contribution < 1.29 is 4.74 Å². The van der Waals surface area contributed by atoms with Crippen LogP contribution in [0.3, 0.4) is 0 Å². The van der Waals surface area contributed by atoms with Crippen molar-refractivity contribution in [1.29, 1.82) is 0 Å². The van der Waals surface area contributed by atoms with Crippen molar-refractivity contribution in [3.05, 3.63) is 11.1 Å². The number of halogens is 4. The van der Waals surface area contributed by atoms with E-state index in [-0.39, 0.29) is 15.8 Å². The van der Waals surface area contributed by atoms with Crippen molar-refractivity contribution >= 4 is 55.1 Å². The van der Waals surface area contributed by atoms with Crippen LogP contribution in [-0.2, 0) is 4.74 Å². The third kappa shape index (κ3) is 3.12. The summed E-state index contributed by atoms with van der Waals surface area (Å²) >= 11 is 19.0. The van der Waals surface area contributed by atoms with Crippen LogP contribution in [-0.4, -0.2) is 27.3 Å². The first kappa shape index (κ1) is 14.3. The third-order valence-corrected chi connectivity index (χ3v) is 5.31. The van der Waals surface area contributed by atoms with E-state index in [9.17, 15) is 0 Å². The first-order valence-electron chi connectivity index (χ1n) is 4.70. The Kier molecular flexibility index (Phi) is 5.01. The summed E-state index contributed by atoms with van der Waals surface area (Å²) in [6.45, 7) is 4.01. The number of hydrogen-bond donors (Lipinski definition) is 0. The molecule has 5 heteroatoms. The molecule has 0 saturated carbocycles. The Balaban J connectivity index is 2.80. The van der Waals surface area contributed by atoms with E-state index >= 15 is 0 Å². The highest BCUT2D eigenvalue weighted by Crippen LogP contribution is 2.43. The van der Waals surface area contributed by atoms with Gasteiger partial charge in [-0.25, -0.2) is 0 Å².